The van der Waals surface area contributed by atoms with Gasteiger partial charge in [-0.05, 0) is 64.2 Å². The Kier molecular flexibility index (Phi) is 36.3. The zero-order chi connectivity index (χ0) is 49.6. The van der Waals surface area contributed by atoms with E-state index in [4.69, 9.17) is 18.9 Å². The van der Waals surface area contributed by atoms with E-state index in [9.17, 15) is 45.6 Å². The number of carbonyl (C=O) groups excluding carboxylic acids is 1. The van der Waals surface area contributed by atoms with Crippen LogP contribution in [0.2, 0.25) is 0 Å². The van der Waals surface area contributed by atoms with Crippen LogP contribution in [0.25, 0.3) is 0 Å². The van der Waals surface area contributed by atoms with Crippen molar-refractivity contribution in [1.82, 2.24) is 5.32 Å². The molecule has 2 saturated heterocycles. The first kappa shape index (κ1) is 61.5. The fourth-order valence-corrected chi connectivity index (χ4v) is 8.14. The van der Waals surface area contributed by atoms with Gasteiger partial charge in [-0.15, -0.1) is 0 Å². The van der Waals surface area contributed by atoms with Gasteiger partial charge in [0.2, 0.25) is 5.91 Å². The Bertz CT molecular complexity index is 1420. The molecule has 1 amide bonds. The van der Waals surface area contributed by atoms with Crippen LogP contribution in [0.15, 0.2) is 72.9 Å². The highest BCUT2D eigenvalue weighted by Crippen LogP contribution is 2.30. The number of hydrogen-bond acceptors (Lipinski definition) is 13. The molecule has 0 aromatic heterocycles. The topological polar surface area (TPSA) is 228 Å². The summed E-state index contributed by atoms with van der Waals surface area (Å²) in [5.41, 5.74) is 0. The minimum atomic E-state index is -1.79. The van der Waals surface area contributed by atoms with E-state index in [1.54, 1.807) is 6.08 Å². The molecule has 68 heavy (non-hydrogen) atoms. The highest BCUT2D eigenvalue weighted by Gasteiger charge is 2.51. The van der Waals surface area contributed by atoms with Gasteiger partial charge in [-0.2, -0.15) is 0 Å². The normalized spacial score (nSPS) is 27.0. The largest absolute Gasteiger partial charge is 0.394 e. The second-order valence-corrected chi connectivity index (χ2v) is 18.3. The maximum absolute atomic E-state index is 13.2. The Morgan fingerprint density at radius 1 is 0.544 bits per heavy atom. The van der Waals surface area contributed by atoms with Crippen molar-refractivity contribution in [2.45, 2.75) is 242 Å². The van der Waals surface area contributed by atoms with E-state index in [0.717, 1.165) is 70.6 Å². The van der Waals surface area contributed by atoms with Gasteiger partial charge in [-0.1, -0.05) is 170 Å². The van der Waals surface area contributed by atoms with E-state index < -0.39 is 86.8 Å². The minimum Gasteiger partial charge on any atom is -0.394 e. The van der Waals surface area contributed by atoms with Crippen LogP contribution in [-0.4, -0.2) is 140 Å². The summed E-state index contributed by atoms with van der Waals surface area (Å²) in [6.45, 7) is 2.63. The number of aliphatic hydroxyl groups excluding tert-OH is 8. The van der Waals surface area contributed by atoms with Crippen LogP contribution < -0.4 is 5.32 Å². The van der Waals surface area contributed by atoms with E-state index in [2.05, 4.69) is 79.9 Å². The predicted octanol–water partition coefficient (Wildman–Crippen LogP) is 7.21. The van der Waals surface area contributed by atoms with E-state index in [-0.39, 0.29) is 18.9 Å². The SMILES string of the molecule is CC/C=C\C/C=C\C/C=C\C/C=C\C/C=C\CCCCCC(=O)NC(COC1OC(CO)C(OC2OC(CO)C(O)C(O)C2O)C(O)C1O)C(O)/C=C/CCCCCCCCCCCCCCC. The van der Waals surface area contributed by atoms with Crippen LogP contribution in [0.3, 0.4) is 0 Å². The molecule has 0 aromatic carbocycles. The number of rotatable bonds is 39. The molecule has 2 heterocycles. The Labute approximate surface area is 408 Å². The Morgan fingerprint density at radius 2 is 1.01 bits per heavy atom. The van der Waals surface area contributed by atoms with Crippen molar-refractivity contribution in [2.24, 2.45) is 0 Å². The van der Waals surface area contributed by atoms with Crippen molar-refractivity contribution < 1.29 is 64.6 Å². The summed E-state index contributed by atoms with van der Waals surface area (Å²) in [4.78, 5) is 13.2. The monoisotopic (exact) mass is 964 g/mol. The van der Waals surface area contributed by atoms with Crippen molar-refractivity contribution in [2.75, 3.05) is 19.8 Å². The molecule has 2 aliphatic rings. The zero-order valence-corrected chi connectivity index (χ0v) is 41.6. The maximum Gasteiger partial charge on any atom is 0.220 e. The summed E-state index contributed by atoms with van der Waals surface area (Å²) in [7, 11) is 0. The quantitative estimate of drug-likeness (QED) is 0.0220. The number of ether oxygens (including phenoxy) is 4. The van der Waals surface area contributed by atoms with E-state index in [0.29, 0.717) is 6.42 Å². The second kappa shape index (κ2) is 40.1. The number of aliphatic hydroxyl groups is 8. The van der Waals surface area contributed by atoms with Crippen LogP contribution in [0, 0.1) is 0 Å². The standard InChI is InChI=1S/C54H93NO13/c1-3-5-7-9-11-13-15-17-19-20-21-22-24-26-28-30-32-34-36-38-46(59)55-42(43(58)37-35-33-31-29-27-25-23-18-16-14-12-10-8-6-4-2)41-65-53-51(64)49(62)52(45(40-57)67-53)68-54-50(63)48(61)47(60)44(39-56)66-54/h5,7,11,13,17,19,21-22,26,28,35,37,42-45,47-54,56-58,60-64H,3-4,6,8-10,12,14-16,18,20,23-25,27,29-34,36,38-41H2,1-2H3,(H,55,59)/b7-5-,13-11-,19-17-,22-21-,28-26-,37-35+. The number of nitrogens with one attached hydrogen (secondary N) is 1. The van der Waals surface area contributed by atoms with Crippen molar-refractivity contribution in [1.29, 1.82) is 0 Å². The van der Waals surface area contributed by atoms with Crippen molar-refractivity contribution >= 4 is 5.91 Å². The lowest BCUT2D eigenvalue weighted by Crippen LogP contribution is -2.65. The van der Waals surface area contributed by atoms with Gasteiger partial charge in [0, 0.05) is 6.42 Å². The zero-order valence-electron chi connectivity index (χ0n) is 41.6. The van der Waals surface area contributed by atoms with Gasteiger partial charge >= 0.3 is 0 Å². The number of allylic oxidation sites excluding steroid dienone is 11. The van der Waals surface area contributed by atoms with Crippen molar-refractivity contribution in [3.63, 3.8) is 0 Å². The molecule has 0 radical (unpaired) electrons. The van der Waals surface area contributed by atoms with Crippen LogP contribution in [0.5, 0.6) is 0 Å². The van der Waals surface area contributed by atoms with Gasteiger partial charge in [0.15, 0.2) is 12.6 Å². The average Bonchev–Trinajstić information content (AvgIpc) is 3.34. The molecule has 0 saturated carbocycles. The van der Waals surface area contributed by atoms with Gasteiger partial charge in [0.05, 0.1) is 32.0 Å². The third-order valence-corrected chi connectivity index (χ3v) is 12.4. The molecule has 0 aromatic rings. The molecule has 0 bridgehead atoms. The first-order valence-corrected chi connectivity index (χ1v) is 26.2. The molecule has 14 heteroatoms. The second-order valence-electron chi connectivity index (χ2n) is 18.3. The summed E-state index contributed by atoms with van der Waals surface area (Å²) in [6, 6.07) is -0.935. The van der Waals surface area contributed by atoms with Gasteiger partial charge < -0.3 is 65.1 Å². The van der Waals surface area contributed by atoms with Crippen molar-refractivity contribution in [3.05, 3.63) is 72.9 Å². The fraction of sp³-hybridized carbons (Fsp3) is 0.759. The lowest BCUT2D eigenvalue weighted by atomic mass is 9.97. The lowest BCUT2D eigenvalue weighted by molar-refractivity contribution is -0.359. The van der Waals surface area contributed by atoms with Gasteiger partial charge in [-0.25, -0.2) is 0 Å². The summed E-state index contributed by atoms with van der Waals surface area (Å²) < 4.78 is 22.7. The van der Waals surface area contributed by atoms with Crippen LogP contribution >= 0.6 is 0 Å². The Morgan fingerprint density at radius 3 is 1.56 bits per heavy atom. The predicted molar refractivity (Wildman–Crippen MR) is 267 cm³/mol. The fourth-order valence-electron chi connectivity index (χ4n) is 8.14. The van der Waals surface area contributed by atoms with Gasteiger partial charge in [0.1, 0.15) is 48.8 Å². The Hall–Kier alpha value is -2.57. The molecule has 2 fully saturated rings. The van der Waals surface area contributed by atoms with Crippen molar-refractivity contribution in [3.8, 4) is 0 Å². The summed E-state index contributed by atoms with van der Waals surface area (Å²) in [5, 5.41) is 86.8. The first-order chi connectivity index (χ1) is 33.1. The van der Waals surface area contributed by atoms with Crippen LogP contribution in [-0.2, 0) is 23.7 Å². The molecule has 14 nitrogen and oxygen atoms in total. The van der Waals surface area contributed by atoms with Gasteiger partial charge in [-0.3, -0.25) is 4.79 Å². The van der Waals surface area contributed by atoms with E-state index in [1.165, 1.54) is 70.6 Å². The summed E-state index contributed by atoms with van der Waals surface area (Å²) in [6.07, 6.45) is 33.6. The minimum absolute atomic E-state index is 0.238. The molecule has 0 spiro atoms. The number of carbonyl (C=O) groups is 1. The molecular formula is C54H93NO13. The van der Waals surface area contributed by atoms with E-state index >= 15 is 0 Å². The molecule has 0 aliphatic carbocycles. The summed E-state index contributed by atoms with van der Waals surface area (Å²) in [5.74, 6) is -0.274. The molecule has 12 atom stereocenters. The number of amides is 1. The van der Waals surface area contributed by atoms with E-state index in [1.807, 2.05) is 6.08 Å². The molecule has 2 rings (SSSR count). The first-order valence-electron chi connectivity index (χ1n) is 26.2. The molecule has 2 aliphatic heterocycles. The third kappa shape index (κ3) is 26.6. The maximum atomic E-state index is 13.2. The van der Waals surface area contributed by atoms with Crippen LogP contribution in [0.1, 0.15) is 168 Å². The highest BCUT2D eigenvalue weighted by atomic mass is 16.7. The molecular weight excluding hydrogens is 871 g/mol. The molecule has 392 valence electrons. The average molecular weight is 964 g/mol. The lowest BCUT2D eigenvalue weighted by Gasteiger charge is -2.46. The van der Waals surface area contributed by atoms with Gasteiger partial charge in [0.25, 0.3) is 0 Å². The highest BCUT2D eigenvalue weighted by molar-refractivity contribution is 5.76. The number of unbranched alkanes of at least 4 members (excludes halogenated alkanes) is 16. The Balaban J connectivity index is 1.86. The third-order valence-electron chi connectivity index (χ3n) is 12.4. The molecule has 12 unspecified atom stereocenters. The summed E-state index contributed by atoms with van der Waals surface area (Å²) >= 11 is 0. The van der Waals surface area contributed by atoms with Crippen LogP contribution in [0.4, 0.5) is 0 Å². The smallest absolute Gasteiger partial charge is 0.220 e. The molecule has 9 N–H and O–H groups in total. The number of hydrogen-bond donors (Lipinski definition) is 9.